The summed E-state index contributed by atoms with van der Waals surface area (Å²) < 4.78 is 13.4. The van der Waals surface area contributed by atoms with Crippen LogP contribution in [-0.2, 0) is 9.53 Å². The Morgan fingerprint density at radius 3 is 2.71 bits per heavy atom. The minimum atomic E-state index is -1.00. The second-order valence-electron chi connectivity index (χ2n) is 7.61. The fourth-order valence-corrected chi connectivity index (χ4v) is 3.26. The third-order valence-electron chi connectivity index (χ3n) is 5.10. The number of amides is 1. The number of aryl methyl sites for hydroxylation is 1. The molecule has 11 heteroatoms. The second-order valence-corrected chi connectivity index (χ2v) is 8.02. The molecule has 0 saturated carbocycles. The summed E-state index contributed by atoms with van der Waals surface area (Å²) in [5, 5.41) is 8.17. The van der Waals surface area contributed by atoms with Gasteiger partial charge in [-0.3, -0.25) is 9.78 Å². The molecule has 0 aliphatic rings. The number of para-hydroxylation sites is 1. The molecule has 2 atom stereocenters. The maximum atomic E-state index is 13.0. The van der Waals surface area contributed by atoms with Gasteiger partial charge in [0.2, 0.25) is 12.0 Å². The summed E-state index contributed by atoms with van der Waals surface area (Å²) in [6.07, 6.45) is 5.71. The number of hydrogen-bond donors (Lipinski definition) is 1. The number of nitrogens with zero attached hydrogens (tertiary/aromatic N) is 6. The highest BCUT2D eigenvalue weighted by atomic mass is 35.5. The SMILES string of the molecule is CC[C@H](C)OC[C@H](Oc1ncnc2c1cnn2-c1ccccc1Cl)C(=O)Nc1cnc(C)cn1. The topological polar surface area (TPSA) is 117 Å². The van der Waals surface area contributed by atoms with Crippen LogP contribution in [0, 0.1) is 6.92 Å². The molecule has 34 heavy (non-hydrogen) atoms. The minimum absolute atomic E-state index is 0.0181. The van der Waals surface area contributed by atoms with E-state index in [-0.39, 0.29) is 18.6 Å². The smallest absolute Gasteiger partial charge is 0.269 e. The molecule has 0 saturated heterocycles. The maximum Gasteiger partial charge on any atom is 0.269 e. The van der Waals surface area contributed by atoms with Crippen LogP contribution in [0.4, 0.5) is 5.82 Å². The molecular weight excluding hydrogens is 458 g/mol. The van der Waals surface area contributed by atoms with E-state index in [4.69, 9.17) is 21.1 Å². The van der Waals surface area contributed by atoms with Crippen LogP contribution in [0.5, 0.6) is 5.88 Å². The van der Waals surface area contributed by atoms with Crippen LogP contribution in [0.15, 0.2) is 49.2 Å². The molecule has 0 radical (unpaired) electrons. The lowest BCUT2D eigenvalue weighted by atomic mass is 10.3. The number of benzene rings is 1. The molecule has 0 aliphatic heterocycles. The molecule has 3 heterocycles. The largest absolute Gasteiger partial charge is 0.461 e. The molecule has 176 valence electrons. The Morgan fingerprint density at radius 1 is 1.15 bits per heavy atom. The van der Waals surface area contributed by atoms with Crippen molar-refractivity contribution in [3.05, 3.63) is 59.9 Å². The lowest BCUT2D eigenvalue weighted by Crippen LogP contribution is -2.38. The zero-order chi connectivity index (χ0) is 24.1. The van der Waals surface area contributed by atoms with Gasteiger partial charge in [0.1, 0.15) is 11.7 Å². The molecule has 10 nitrogen and oxygen atoms in total. The lowest BCUT2D eigenvalue weighted by molar-refractivity contribution is -0.126. The Balaban J connectivity index is 1.62. The van der Waals surface area contributed by atoms with Gasteiger partial charge in [0.15, 0.2) is 11.5 Å². The predicted molar refractivity (Wildman–Crippen MR) is 127 cm³/mol. The summed E-state index contributed by atoms with van der Waals surface area (Å²) in [6.45, 7) is 5.76. The number of fused-ring (bicyclic) bond motifs is 1. The third-order valence-corrected chi connectivity index (χ3v) is 5.42. The van der Waals surface area contributed by atoms with Gasteiger partial charge in [-0.1, -0.05) is 30.7 Å². The highest BCUT2D eigenvalue weighted by molar-refractivity contribution is 6.32. The molecule has 0 bridgehead atoms. The van der Waals surface area contributed by atoms with Crippen molar-refractivity contribution in [2.24, 2.45) is 0 Å². The number of aromatic nitrogens is 6. The van der Waals surface area contributed by atoms with E-state index in [2.05, 4.69) is 30.4 Å². The molecule has 1 amide bonds. The van der Waals surface area contributed by atoms with E-state index in [1.807, 2.05) is 39.0 Å². The van der Waals surface area contributed by atoms with E-state index in [1.165, 1.54) is 12.5 Å². The molecule has 4 aromatic rings. The second kappa shape index (κ2) is 10.5. The van der Waals surface area contributed by atoms with Gasteiger partial charge in [-0.15, -0.1) is 0 Å². The molecule has 0 spiro atoms. The number of carbonyl (C=O) groups is 1. The highest BCUT2D eigenvalue weighted by Gasteiger charge is 2.25. The summed E-state index contributed by atoms with van der Waals surface area (Å²) in [4.78, 5) is 29.9. The van der Waals surface area contributed by atoms with Crippen LogP contribution >= 0.6 is 11.6 Å². The number of halogens is 1. The Kier molecular flexibility index (Phi) is 7.29. The van der Waals surface area contributed by atoms with Crippen molar-refractivity contribution >= 4 is 34.4 Å². The zero-order valence-corrected chi connectivity index (χ0v) is 19.7. The van der Waals surface area contributed by atoms with Gasteiger partial charge < -0.3 is 14.8 Å². The number of nitrogens with one attached hydrogen (secondary N) is 1. The van der Waals surface area contributed by atoms with Crippen LogP contribution in [0.3, 0.4) is 0 Å². The van der Waals surface area contributed by atoms with Crippen molar-refractivity contribution in [3.63, 3.8) is 0 Å². The van der Waals surface area contributed by atoms with Crippen molar-refractivity contribution in [2.75, 3.05) is 11.9 Å². The Hall–Kier alpha value is -3.63. The monoisotopic (exact) mass is 481 g/mol. The molecular formula is C23H24ClN7O3. The molecule has 0 unspecified atom stereocenters. The summed E-state index contributed by atoms with van der Waals surface area (Å²) in [5.74, 6) is 0.0741. The highest BCUT2D eigenvalue weighted by Crippen LogP contribution is 2.27. The van der Waals surface area contributed by atoms with Crippen molar-refractivity contribution in [3.8, 4) is 11.6 Å². The average Bonchev–Trinajstić information content (AvgIpc) is 3.28. The van der Waals surface area contributed by atoms with Crippen LogP contribution in [0.1, 0.15) is 26.0 Å². The Labute approximate surface area is 201 Å². The Bertz CT molecular complexity index is 1280. The zero-order valence-electron chi connectivity index (χ0n) is 19.0. The van der Waals surface area contributed by atoms with Gasteiger partial charge >= 0.3 is 0 Å². The van der Waals surface area contributed by atoms with Crippen molar-refractivity contribution in [2.45, 2.75) is 39.4 Å². The molecule has 0 fully saturated rings. The summed E-state index contributed by atoms with van der Waals surface area (Å²) >= 11 is 6.34. The molecule has 4 rings (SSSR count). The van der Waals surface area contributed by atoms with Gasteiger partial charge in [-0.25, -0.2) is 19.6 Å². The normalized spacial score (nSPS) is 12.9. The number of hydrogen-bond acceptors (Lipinski definition) is 8. The Morgan fingerprint density at radius 2 is 1.97 bits per heavy atom. The van der Waals surface area contributed by atoms with Gasteiger partial charge in [0.25, 0.3) is 5.91 Å². The van der Waals surface area contributed by atoms with Gasteiger partial charge in [-0.2, -0.15) is 5.10 Å². The van der Waals surface area contributed by atoms with E-state index >= 15 is 0 Å². The fourth-order valence-electron chi connectivity index (χ4n) is 3.05. The lowest BCUT2D eigenvalue weighted by Gasteiger charge is -2.20. The van der Waals surface area contributed by atoms with Gasteiger partial charge in [0, 0.05) is 0 Å². The third kappa shape index (κ3) is 5.29. The average molecular weight is 482 g/mol. The van der Waals surface area contributed by atoms with Crippen LogP contribution in [-0.4, -0.2) is 54.4 Å². The van der Waals surface area contributed by atoms with E-state index in [9.17, 15) is 4.79 Å². The van der Waals surface area contributed by atoms with E-state index in [0.29, 0.717) is 27.6 Å². The van der Waals surface area contributed by atoms with Crippen LogP contribution in [0.25, 0.3) is 16.7 Å². The van der Waals surface area contributed by atoms with Crippen molar-refractivity contribution in [1.82, 2.24) is 29.7 Å². The standard InChI is InChI=1S/C23H24ClN7O3/c1-4-15(3)33-12-19(22(32)30-20-11-25-14(2)9-26-20)34-23-16-10-29-31(21(16)27-13-28-23)18-8-6-5-7-17(18)24/h5-11,13,15,19H,4,12H2,1-3H3,(H,26,30,32)/t15-,19-/m0/s1. The quantitative estimate of drug-likeness (QED) is 0.384. The van der Waals surface area contributed by atoms with Gasteiger partial charge in [-0.05, 0) is 32.4 Å². The molecule has 1 aromatic carbocycles. The van der Waals surface area contributed by atoms with E-state index in [1.54, 1.807) is 23.1 Å². The predicted octanol–water partition coefficient (Wildman–Crippen LogP) is 3.77. The maximum absolute atomic E-state index is 13.0. The van der Waals surface area contributed by atoms with Crippen molar-refractivity contribution < 1.29 is 14.3 Å². The fraction of sp³-hybridized carbons (Fsp3) is 0.304. The number of carbonyl (C=O) groups excluding carboxylic acids is 1. The van der Waals surface area contributed by atoms with E-state index in [0.717, 1.165) is 12.1 Å². The molecule has 1 N–H and O–H groups in total. The van der Waals surface area contributed by atoms with Crippen LogP contribution in [0.2, 0.25) is 5.02 Å². The van der Waals surface area contributed by atoms with Crippen LogP contribution < -0.4 is 10.1 Å². The minimum Gasteiger partial charge on any atom is -0.461 e. The number of ether oxygens (including phenoxy) is 2. The summed E-state index contributed by atoms with van der Waals surface area (Å²) in [7, 11) is 0. The summed E-state index contributed by atoms with van der Waals surface area (Å²) in [6, 6.07) is 7.29. The molecule has 0 aliphatic carbocycles. The summed E-state index contributed by atoms with van der Waals surface area (Å²) in [5.41, 5.74) is 1.89. The number of anilines is 1. The van der Waals surface area contributed by atoms with E-state index < -0.39 is 12.0 Å². The first kappa shape index (κ1) is 23.5. The van der Waals surface area contributed by atoms with Gasteiger partial charge in [0.05, 0.1) is 47.7 Å². The molecule has 3 aromatic heterocycles. The first-order valence-corrected chi connectivity index (χ1v) is 11.2. The number of rotatable bonds is 9. The van der Waals surface area contributed by atoms with Crippen molar-refractivity contribution in [1.29, 1.82) is 0 Å². The first-order chi connectivity index (χ1) is 16.5. The first-order valence-electron chi connectivity index (χ1n) is 10.8.